The SMILES string of the molecule is CC1(C)c2ccc(O)cc2C(C)(C)N1O. The molecule has 0 radical (unpaired) electrons. The monoisotopic (exact) mass is 207 g/mol. The van der Waals surface area contributed by atoms with E-state index in [1.807, 2.05) is 33.8 Å². The Bertz CT molecular complexity index is 410. The van der Waals surface area contributed by atoms with Crippen molar-refractivity contribution in [2.75, 3.05) is 0 Å². The molecule has 0 aliphatic carbocycles. The Balaban J connectivity index is 2.71. The molecular weight excluding hydrogens is 190 g/mol. The van der Waals surface area contributed by atoms with Gasteiger partial charge in [0.05, 0.1) is 11.1 Å². The van der Waals surface area contributed by atoms with Gasteiger partial charge in [-0.05, 0) is 51.0 Å². The highest BCUT2D eigenvalue weighted by Crippen LogP contribution is 2.48. The molecule has 0 atom stereocenters. The molecular formula is C12H17NO2. The third-order valence-corrected chi connectivity index (χ3v) is 3.38. The van der Waals surface area contributed by atoms with Gasteiger partial charge in [-0.2, -0.15) is 5.06 Å². The zero-order valence-corrected chi connectivity index (χ0v) is 9.57. The minimum Gasteiger partial charge on any atom is -0.508 e. The van der Waals surface area contributed by atoms with Crippen LogP contribution in [0.1, 0.15) is 38.8 Å². The minimum absolute atomic E-state index is 0.243. The molecule has 0 aromatic heterocycles. The van der Waals surface area contributed by atoms with Crippen LogP contribution in [0.2, 0.25) is 0 Å². The zero-order chi connectivity index (χ0) is 11.4. The van der Waals surface area contributed by atoms with Crippen LogP contribution >= 0.6 is 0 Å². The van der Waals surface area contributed by atoms with Crippen LogP contribution < -0.4 is 0 Å². The summed E-state index contributed by atoms with van der Waals surface area (Å²) in [7, 11) is 0. The lowest BCUT2D eigenvalue weighted by molar-refractivity contribution is -0.216. The lowest BCUT2D eigenvalue weighted by atomic mass is 9.90. The van der Waals surface area contributed by atoms with Crippen LogP contribution in [0.5, 0.6) is 5.75 Å². The summed E-state index contributed by atoms with van der Waals surface area (Å²) < 4.78 is 0. The molecule has 1 heterocycles. The van der Waals surface area contributed by atoms with Gasteiger partial charge in [0.15, 0.2) is 0 Å². The van der Waals surface area contributed by atoms with E-state index in [4.69, 9.17) is 0 Å². The fourth-order valence-corrected chi connectivity index (χ4v) is 2.50. The summed E-state index contributed by atoms with van der Waals surface area (Å²) in [6, 6.07) is 5.27. The van der Waals surface area contributed by atoms with E-state index in [1.54, 1.807) is 12.1 Å². The first-order valence-corrected chi connectivity index (χ1v) is 5.11. The van der Waals surface area contributed by atoms with Gasteiger partial charge in [-0.15, -0.1) is 0 Å². The van der Waals surface area contributed by atoms with Gasteiger partial charge in [0.2, 0.25) is 0 Å². The van der Waals surface area contributed by atoms with Crippen LogP contribution in [0.25, 0.3) is 0 Å². The number of phenolic OH excluding ortho intramolecular Hbond substituents is 1. The molecule has 3 nitrogen and oxygen atoms in total. The first-order chi connectivity index (χ1) is 6.78. The largest absolute Gasteiger partial charge is 0.508 e. The van der Waals surface area contributed by atoms with Crippen LogP contribution in [0.4, 0.5) is 0 Å². The maximum Gasteiger partial charge on any atom is 0.115 e. The Morgan fingerprint density at radius 3 is 2.13 bits per heavy atom. The Morgan fingerprint density at radius 2 is 1.53 bits per heavy atom. The Labute approximate surface area is 89.9 Å². The van der Waals surface area contributed by atoms with Crippen LogP contribution in [0.3, 0.4) is 0 Å². The molecule has 82 valence electrons. The molecule has 0 saturated heterocycles. The predicted molar refractivity (Wildman–Crippen MR) is 57.8 cm³/mol. The van der Waals surface area contributed by atoms with Crippen molar-refractivity contribution in [2.24, 2.45) is 0 Å². The maximum absolute atomic E-state index is 10.1. The molecule has 2 rings (SSSR count). The van der Waals surface area contributed by atoms with Crippen molar-refractivity contribution in [3.8, 4) is 5.75 Å². The topological polar surface area (TPSA) is 43.7 Å². The molecule has 1 aromatic rings. The highest BCUT2D eigenvalue weighted by atomic mass is 16.5. The van der Waals surface area contributed by atoms with Gasteiger partial charge in [0.1, 0.15) is 5.75 Å². The average Bonchev–Trinajstić information content (AvgIpc) is 2.26. The van der Waals surface area contributed by atoms with Gasteiger partial charge in [0, 0.05) is 0 Å². The van der Waals surface area contributed by atoms with E-state index < -0.39 is 11.1 Å². The molecule has 1 aliphatic heterocycles. The number of nitrogens with zero attached hydrogens (tertiary/aromatic N) is 1. The number of fused-ring (bicyclic) bond motifs is 1. The van der Waals surface area contributed by atoms with Crippen LogP contribution in [0.15, 0.2) is 18.2 Å². The van der Waals surface area contributed by atoms with E-state index in [9.17, 15) is 10.3 Å². The molecule has 0 bridgehead atoms. The second-order valence-corrected chi connectivity index (χ2v) is 5.16. The molecule has 1 aliphatic rings. The summed E-state index contributed by atoms with van der Waals surface area (Å²) in [5, 5.41) is 21.0. The van der Waals surface area contributed by atoms with E-state index in [0.717, 1.165) is 11.1 Å². The summed E-state index contributed by atoms with van der Waals surface area (Å²) in [5.74, 6) is 0.243. The minimum atomic E-state index is -0.461. The second kappa shape index (κ2) is 2.74. The lowest BCUT2D eigenvalue weighted by Crippen LogP contribution is -2.42. The Morgan fingerprint density at radius 1 is 1.00 bits per heavy atom. The third-order valence-electron chi connectivity index (χ3n) is 3.38. The summed E-state index contributed by atoms with van der Waals surface area (Å²) in [6.45, 7) is 7.83. The average molecular weight is 207 g/mol. The van der Waals surface area contributed by atoms with Crippen LogP contribution in [-0.2, 0) is 11.1 Å². The highest BCUT2D eigenvalue weighted by molar-refractivity contribution is 5.46. The van der Waals surface area contributed by atoms with Crippen molar-refractivity contribution >= 4 is 0 Å². The summed E-state index contributed by atoms with van der Waals surface area (Å²) in [4.78, 5) is 0. The number of phenols is 1. The molecule has 0 spiro atoms. The van der Waals surface area contributed by atoms with E-state index in [0.29, 0.717) is 0 Å². The van der Waals surface area contributed by atoms with E-state index in [-0.39, 0.29) is 5.75 Å². The van der Waals surface area contributed by atoms with Gasteiger partial charge in [-0.25, -0.2) is 0 Å². The lowest BCUT2D eigenvalue weighted by Gasteiger charge is -2.34. The van der Waals surface area contributed by atoms with Gasteiger partial charge in [0.25, 0.3) is 0 Å². The Kier molecular flexibility index (Phi) is 1.91. The molecule has 0 saturated carbocycles. The number of benzene rings is 1. The predicted octanol–water partition coefficient (Wildman–Crippen LogP) is 2.57. The van der Waals surface area contributed by atoms with Crippen LogP contribution in [0, 0.1) is 0 Å². The quantitative estimate of drug-likeness (QED) is 0.687. The highest BCUT2D eigenvalue weighted by Gasteiger charge is 2.48. The van der Waals surface area contributed by atoms with Gasteiger partial charge in [-0.3, -0.25) is 0 Å². The first kappa shape index (κ1) is 10.5. The van der Waals surface area contributed by atoms with E-state index in [1.165, 1.54) is 5.06 Å². The maximum atomic E-state index is 10.1. The Hall–Kier alpha value is -1.06. The van der Waals surface area contributed by atoms with Gasteiger partial charge < -0.3 is 10.3 Å². The van der Waals surface area contributed by atoms with Crippen molar-refractivity contribution in [1.82, 2.24) is 5.06 Å². The normalized spacial score (nSPS) is 22.7. The van der Waals surface area contributed by atoms with Crippen LogP contribution in [-0.4, -0.2) is 15.4 Å². The molecule has 0 fully saturated rings. The summed E-state index contributed by atoms with van der Waals surface area (Å²) >= 11 is 0. The van der Waals surface area contributed by atoms with Gasteiger partial charge in [-0.1, -0.05) is 6.07 Å². The van der Waals surface area contributed by atoms with Crippen molar-refractivity contribution < 1.29 is 10.3 Å². The standard InChI is InChI=1S/C12H17NO2/c1-11(2)9-6-5-8(14)7-10(9)12(3,4)13(11)15/h5-7,14-15H,1-4H3. The first-order valence-electron chi connectivity index (χ1n) is 5.11. The van der Waals surface area contributed by atoms with E-state index in [2.05, 4.69) is 0 Å². The smallest absolute Gasteiger partial charge is 0.115 e. The molecule has 0 amide bonds. The summed E-state index contributed by atoms with van der Waals surface area (Å²) in [6.07, 6.45) is 0. The fourth-order valence-electron chi connectivity index (χ4n) is 2.50. The van der Waals surface area contributed by atoms with Gasteiger partial charge >= 0.3 is 0 Å². The fraction of sp³-hybridized carbons (Fsp3) is 0.500. The number of hydroxylamine groups is 2. The summed E-state index contributed by atoms with van der Waals surface area (Å²) in [5.41, 5.74) is 1.17. The molecule has 15 heavy (non-hydrogen) atoms. The number of rotatable bonds is 0. The molecule has 3 heteroatoms. The van der Waals surface area contributed by atoms with Crippen molar-refractivity contribution in [2.45, 2.75) is 38.8 Å². The van der Waals surface area contributed by atoms with E-state index >= 15 is 0 Å². The van der Waals surface area contributed by atoms with Crippen molar-refractivity contribution in [3.63, 3.8) is 0 Å². The second-order valence-electron chi connectivity index (χ2n) is 5.16. The molecule has 0 unspecified atom stereocenters. The third kappa shape index (κ3) is 1.20. The number of hydrogen-bond donors (Lipinski definition) is 2. The zero-order valence-electron chi connectivity index (χ0n) is 9.57. The number of hydrogen-bond acceptors (Lipinski definition) is 3. The van der Waals surface area contributed by atoms with Crippen molar-refractivity contribution in [1.29, 1.82) is 0 Å². The number of aromatic hydroxyl groups is 1. The molecule has 1 aromatic carbocycles. The van der Waals surface area contributed by atoms with Crippen molar-refractivity contribution in [3.05, 3.63) is 29.3 Å². The molecule has 2 N–H and O–H groups in total.